The van der Waals surface area contributed by atoms with Gasteiger partial charge in [0.15, 0.2) is 0 Å². The molecule has 0 saturated heterocycles. The fourth-order valence-electron chi connectivity index (χ4n) is 8.78. The molecule has 1 atom stereocenters. The second-order valence-electron chi connectivity index (χ2n) is 13.0. The summed E-state index contributed by atoms with van der Waals surface area (Å²) in [6.45, 7) is 0. The third-order valence-corrected chi connectivity index (χ3v) is 10.5. The third-order valence-electron chi connectivity index (χ3n) is 10.5. The number of para-hydroxylation sites is 2. The summed E-state index contributed by atoms with van der Waals surface area (Å²) in [5, 5.41) is 1.29. The van der Waals surface area contributed by atoms with Crippen LogP contribution in [0.1, 0.15) is 39.4 Å². The van der Waals surface area contributed by atoms with Gasteiger partial charge in [-0.05, 0) is 62.2 Å². The molecule has 0 amide bonds. The zero-order valence-corrected chi connectivity index (χ0v) is 27.2. The van der Waals surface area contributed by atoms with Crippen LogP contribution in [0.2, 0.25) is 0 Å². The predicted octanol–water partition coefficient (Wildman–Crippen LogP) is 10.8. The van der Waals surface area contributed by atoms with Crippen LogP contribution in [-0.2, 0) is 12.5 Å². The van der Waals surface area contributed by atoms with E-state index in [9.17, 15) is 0 Å². The summed E-state index contributed by atoms with van der Waals surface area (Å²) >= 11 is 0. The molecule has 1 aliphatic heterocycles. The normalized spacial score (nSPS) is 16.7. The maximum atomic E-state index is 2.56. The number of nitrogens with zero attached hydrogens (tertiary/aromatic N) is 2. The summed E-state index contributed by atoms with van der Waals surface area (Å²) in [6.07, 6.45) is 2.38. The summed E-state index contributed by atoms with van der Waals surface area (Å²) in [5.74, 6) is 0. The molecular weight excluding hydrogens is 581 g/mol. The van der Waals surface area contributed by atoms with Crippen molar-refractivity contribution < 1.29 is 0 Å². The molecule has 2 heteroatoms. The fourth-order valence-corrected chi connectivity index (χ4v) is 8.78. The quantitative estimate of drug-likeness (QED) is 0.187. The first kappa shape index (κ1) is 28.4. The van der Waals surface area contributed by atoms with Crippen LogP contribution in [0.5, 0.6) is 0 Å². The van der Waals surface area contributed by atoms with E-state index in [1.54, 1.807) is 0 Å². The number of fused-ring (bicyclic) bond motifs is 3. The molecule has 7 aromatic rings. The molecular formula is C46H36N2. The van der Waals surface area contributed by atoms with Crippen molar-refractivity contribution in [1.29, 1.82) is 0 Å². The number of hydrogen-bond acceptors (Lipinski definition) is 1. The van der Waals surface area contributed by atoms with Crippen molar-refractivity contribution in [2.24, 2.45) is 7.05 Å². The molecule has 48 heavy (non-hydrogen) atoms. The number of benzene rings is 6. The second-order valence-corrected chi connectivity index (χ2v) is 13.0. The lowest BCUT2D eigenvalue weighted by molar-refractivity contribution is 0.579. The third kappa shape index (κ3) is 3.99. The topological polar surface area (TPSA) is 8.17 Å². The van der Waals surface area contributed by atoms with E-state index in [4.69, 9.17) is 0 Å². The number of hydrogen-bond donors (Lipinski definition) is 0. The monoisotopic (exact) mass is 616 g/mol. The minimum absolute atomic E-state index is 0.0358. The van der Waals surface area contributed by atoms with Gasteiger partial charge >= 0.3 is 0 Å². The highest BCUT2D eigenvalue weighted by atomic mass is 15.2. The molecule has 1 aromatic heterocycles. The highest BCUT2D eigenvalue weighted by Crippen LogP contribution is 2.71. The Labute approximate surface area is 282 Å². The molecule has 2 nitrogen and oxygen atoms in total. The minimum Gasteiger partial charge on any atom is -0.366 e. The number of aryl methyl sites for hydroxylation is 1. The Hall–Kier alpha value is -5.86. The maximum Gasteiger partial charge on any atom is 0.0741 e. The Kier molecular flexibility index (Phi) is 6.58. The molecule has 0 bridgehead atoms. The van der Waals surface area contributed by atoms with Gasteiger partial charge in [-0.1, -0.05) is 158 Å². The lowest BCUT2D eigenvalue weighted by Gasteiger charge is -2.41. The van der Waals surface area contributed by atoms with Crippen molar-refractivity contribution in [3.05, 3.63) is 209 Å². The van der Waals surface area contributed by atoms with Gasteiger partial charge in [-0.25, -0.2) is 0 Å². The minimum atomic E-state index is -0.561. The fraction of sp³-hybridized carbons (Fsp3) is 0.0870. The zero-order chi connectivity index (χ0) is 32.2. The predicted molar refractivity (Wildman–Crippen MR) is 202 cm³/mol. The van der Waals surface area contributed by atoms with E-state index in [2.05, 4.69) is 200 Å². The summed E-state index contributed by atoms with van der Waals surface area (Å²) in [6, 6.07) is 62.4. The van der Waals surface area contributed by atoms with Crippen molar-refractivity contribution in [2.45, 2.75) is 11.5 Å². The van der Waals surface area contributed by atoms with Gasteiger partial charge in [0.2, 0.25) is 0 Å². The van der Waals surface area contributed by atoms with Gasteiger partial charge in [-0.2, -0.15) is 0 Å². The van der Waals surface area contributed by atoms with E-state index < -0.39 is 5.41 Å². The largest absolute Gasteiger partial charge is 0.366 e. The highest BCUT2D eigenvalue weighted by Gasteiger charge is 2.60. The molecule has 0 saturated carbocycles. The molecule has 0 radical (unpaired) electrons. The van der Waals surface area contributed by atoms with Crippen molar-refractivity contribution in [2.75, 3.05) is 11.9 Å². The molecule has 1 aliphatic carbocycles. The average molecular weight is 617 g/mol. The van der Waals surface area contributed by atoms with E-state index in [0.717, 1.165) is 0 Å². The Morgan fingerprint density at radius 3 is 1.44 bits per heavy atom. The molecule has 2 aliphatic rings. The second kappa shape index (κ2) is 11.1. The van der Waals surface area contributed by atoms with Crippen molar-refractivity contribution in [1.82, 2.24) is 4.57 Å². The number of anilines is 1. The van der Waals surface area contributed by atoms with Crippen LogP contribution in [0, 0.1) is 0 Å². The summed E-state index contributed by atoms with van der Waals surface area (Å²) in [5.41, 5.74) is 14.8. The van der Waals surface area contributed by atoms with Gasteiger partial charge in [0.1, 0.15) is 0 Å². The Balaban J connectivity index is 1.55. The standard InChI is InChI=1S/C46H36N2/c1-47-31-37(36-27-15-17-29-39(36)47)45-46(38-28-16-18-30-40(38)48(45)2)43(34-23-11-5-12-24-34)41(32-19-7-3-8-20-32)42(33-21-9-4-10-22-33)44(46)35-25-13-6-14-26-35/h3-31,45H,1-2H3/t45-/m1/s1. The van der Waals surface area contributed by atoms with Gasteiger partial charge < -0.3 is 9.47 Å². The Bertz CT molecular complexity index is 2250. The highest BCUT2D eigenvalue weighted by molar-refractivity contribution is 6.32. The molecule has 230 valence electrons. The average Bonchev–Trinajstić information content (AvgIpc) is 3.75. The van der Waals surface area contributed by atoms with E-state index in [0.29, 0.717) is 0 Å². The maximum absolute atomic E-state index is 2.56. The molecule has 1 spiro atoms. The lowest BCUT2D eigenvalue weighted by atomic mass is 9.62. The molecule has 0 N–H and O–H groups in total. The lowest BCUT2D eigenvalue weighted by Crippen LogP contribution is -2.37. The van der Waals surface area contributed by atoms with Gasteiger partial charge in [-0.15, -0.1) is 0 Å². The number of rotatable bonds is 5. The SMILES string of the molecule is CN1c2ccccc2C2(C(c3ccccc3)=C(c3ccccc3)C(c3ccccc3)=C2c2ccccc2)[C@H]1c1cn(C)c2ccccc12. The Morgan fingerprint density at radius 2 is 0.896 bits per heavy atom. The van der Waals surface area contributed by atoms with Gasteiger partial charge in [-0.3, -0.25) is 0 Å². The van der Waals surface area contributed by atoms with Crippen LogP contribution < -0.4 is 4.90 Å². The van der Waals surface area contributed by atoms with Crippen molar-refractivity contribution >= 4 is 38.9 Å². The van der Waals surface area contributed by atoms with E-state index in [1.807, 2.05) is 0 Å². The first-order valence-electron chi connectivity index (χ1n) is 16.8. The Morgan fingerprint density at radius 1 is 0.458 bits per heavy atom. The van der Waals surface area contributed by atoms with Gasteiger partial charge in [0, 0.05) is 42.4 Å². The van der Waals surface area contributed by atoms with Crippen LogP contribution in [0.3, 0.4) is 0 Å². The number of allylic oxidation sites excluding steroid dienone is 2. The molecule has 0 fully saturated rings. The molecule has 0 unspecified atom stereocenters. The van der Waals surface area contributed by atoms with E-state index in [-0.39, 0.29) is 6.04 Å². The van der Waals surface area contributed by atoms with Crippen LogP contribution in [0.15, 0.2) is 176 Å². The van der Waals surface area contributed by atoms with Crippen molar-refractivity contribution in [3.8, 4) is 0 Å². The molecule has 9 rings (SSSR count). The van der Waals surface area contributed by atoms with Crippen LogP contribution in [0.4, 0.5) is 5.69 Å². The van der Waals surface area contributed by atoms with Gasteiger partial charge in [0.05, 0.1) is 11.5 Å². The first-order valence-corrected chi connectivity index (χ1v) is 16.8. The van der Waals surface area contributed by atoms with E-state index >= 15 is 0 Å². The van der Waals surface area contributed by atoms with Gasteiger partial charge in [0.25, 0.3) is 0 Å². The summed E-state index contributed by atoms with van der Waals surface area (Å²) < 4.78 is 2.30. The van der Waals surface area contributed by atoms with Crippen molar-refractivity contribution in [3.63, 3.8) is 0 Å². The summed E-state index contributed by atoms with van der Waals surface area (Å²) in [4.78, 5) is 2.56. The zero-order valence-electron chi connectivity index (χ0n) is 27.2. The van der Waals surface area contributed by atoms with Crippen LogP contribution in [-0.4, -0.2) is 11.6 Å². The van der Waals surface area contributed by atoms with Crippen LogP contribution >= 0.6 is 0 Å². The number of likely N-dealkylation sites (N-methyl/N-ethyl adjacent to an activating group) is 1. The molecule has 6 aromatic carbocycles. The number of aromatic nitrogens is 1. The smallest absolute Gasteiger partial charge is 0.0741 e. The summed E-state index contributed by atoms with van der Waals surface area (Å²) in [7, 11) is 4.48. The first-order chi connectivity index (χ1) is 23.7. The van der Waals surface area contributed by atoms with E-state index in [1.165, 1.54) is 72.3 Å². The molecule has 2 heterocycles. The van der Waals surface area contributed by atoms with Crippen LogP contribution in [0.25, 0.3) is 33.2 Å².